The van der Waals surface area contributed by atoms with Crippen molar-refractivity contribution in [2.45, 2.75) is 51.4 Å². The second kappa shape index (κ2) is 8.37. The number of amides is 1. The van der Waals surface area contributed by atoms with Crippen molar-refractivity contribution in [1.82, 2.24) is 14.5 Å². The van der Waals surface area contributed by atoms with Crippen molar-refractivity contribution in [1.29, 1.82) is 0 Å². The summed E-state index contributed by atoms with van der Waals surface area (Å²) in [6.07, 6.45) is 12.4. The van der Waals surface area contributed by atoms with Gasteiger partial charge in [0, 0.05) is 30.3 Å². The summed E-state index contributed by atoms with van der Waals surface area (Å²) in [5, 5.41) is 3.59. The molecule has 2 saturated carbocycles. The van der Waals surface area contributed by atoms with Crippen LogP contribution in [0.25, 0.3) is 32.4 Å². The Kier molecular flexibility index (Phi) is 5.21. The summed E-state index contributed by atoms with van der Waals surface area (Å²) < 4.78 is 2.79. The molecule has 3 aromatic heterocycles. The fraction of sp³-hybridized carbons (Fsp3) is 0.385. The standard InChI is InChI=1S/C26H26N4O2S/c31-24(12-16-4-2-1-3-5-16)30-11-10-20-22(30)13-19(15-27-20)18-8-9-21-23(14-18)33-26(28-21)29-25(32)17-6-7-17/h8-11,13-17H,1-7,12H2,(H,28,29,32). The fourth-order valence-electron chi connectivity index (χ4n) is 4.83. The number of carbonyl (C=O) groups excluding carboxylic acids is 2. The molecule has 0 aliphatic heterocycles. The fourth-order valence-corrected chi connectivity index (χ4v) is 5.74. The van der Waals surface area contributed by atoms with Crippen molar-refractivity contribution < 1.29 is 9.59 Å². The minimum absolute atomic E-state index is 0.0718. The first-order valence-electron chi connectivity index (χ1n) is 11.9. The summed E-state index contributed by atoms with van der Waals surface area (Å²) in [4.78, 5) is 34.3. The Morgan fingerprint density at radius 2 is 1.85 bits per heavy atom. The average Bonchev–Trinajstić information content (AvgIpc) is 3.48. The maximum atomic E-state index is 13.0. The number of aromatic nitrogens is 3. The van der Waals surface area contributed by atoms with Gasteiger partial charge in [-0.1, -0.05) is 36.7 Å². The summed E-state index contributed by atoms with van der Waals surface area (Å²) in [5.74, 6) is 0.887. The number of hydrogen-bond acceptors (Lipinski definition) is 5. The smallest absolute Gasteiger partial charge is 0.231 e. The minimum atomic E-state index is 0.0718. The zero-order valence-electron chi connectivity index (χ0n) is 18.4. The lowest BCUT2D eigenvalue weighted by molar-refractivity contribution is -0.117. The van der Waals surface area contributed by atoms with Gasteiger partial charge in [0.15, 0.2) is 5.13 Å². The second-order valence-corrected chi connectivity index (χ2v) is 10.4. The normalized spacial score (nSPS) is 17.0. The predicted molar refractivity (Wildman–Crippen MR) is 132 cm³/mol. The number of carbonyl (C=O) groups is 2. The molecule has 1 amide bonds. The molecule has 6 nitrogen and oxygen atoms in total. The van der Waals surface area contributed by atoms with E-state index in [1.165, 1.54) is 30.6 Å². The SMILES string of the molecule is O=C(Nc1nc2ccc(-c3cnc4ccn(C(=O)CC5CCCCC5)c4c3)cc2s1)C1CC1. The van der Waals surface area contributed by atoms with Crippen molar-refractivity contribution >= 4 is 49.5 Å². The molecule has 4 aromatic rings. The Morgan fingerprint density at radius 3 is 2.67 bits per heavy atom. The van der Waals surface area contributed by atoms with Gasteiger partial charge in [0.2, 0.25) is 11.8 Å². The Balaban J connectivity index is 1.27. The molecule has 0 unspecified atom stereocenters. The maximum absolute atomic E-state index is 13.0. The lowest BCUT2D eigenvalue weighted by atomic mass is 9.87. The number of pyridine rings is 1. The zero-order chi connectivity index (χ0) is 22.4. The number of rotatable bonds is 5. The van der Waals surface area contributed by atoms with Gasteiger partial charge in [-0.15, -0.1) is 0 Å². The molecule has 3 heterocycles. The zero-order valence-corrected chi connectivity index (χ0v) is 19.2. The topological polar surface area (TPSA) is 76.9 Å². The first-order valence-corrected chi connectivity index (χ1v) is 12.7. The van der Waals surface area contributed by atoms with Crippen molar-refractivity contribution in [3.63, 3.8) is 0 Å². The van der Waals surface area contributed by atoms with Gasteiger partial charge in [0.25, 0.3) is 0 Å². The van der Waals surface area contributed by atoms with E-state index in [1.54, 1.807) is 4.57 Å². The van der Waals surface area contributed by atoms with Crippen LogP contribution in [0.15, 0.2) is 42.7 Å². The third-order valence-electron chi connectivity index (χ3n) is 6.90. The molecule has 0 saturated heterocycles. The molecule has 0 atom stereocenters. The highest BCUT2D eigenvalue weighted by Crippen LogP contribution is 2.34. The molecule has 2 fully saturated rings. The molecule has 7 heteroatoms. The molecule has 168 valence electrons. The molecule has 1 N–H and O–H groups in total. The first kappa shape index (κ1) is 20.5. The lowest BCUT2D eigenvalue weighted by Crippen LogP contribution is -2.16. The van der Waals surface area contributed by atoms with Crippen LogP contribution in [0.5, 0.6) is 0 Å². The van der Waals surface area contributed by atoms with Crippen molar-refractivity contribution in [3.8, 4) is 11.1 Å². The van der Waals surface area contributed by atoms with Gasteiger partial charge in [0.1, 0.15) is 0 Å². The summed E-state index contributed by atoms with van der Waals surface area (Å²) in [6, 6.07) is 10.1. The van der Waals surface area contributed by atoms with Crippen LogP contribution in [0, 0.1) is 11.8 Å². The molecule has 2 aliphatic rings. The van der Waals surface area contributed by atoms with Gasteiger partial charge in [-0.2, -0.15) is 0 Å². The molecule has 33 heavy (non-hydrogen) atoms. The van der Waals surface area contributed by atoms with Crippen LogP contribution in [0.2, 0.25) is 0 Å². The van der Waals surface area contributed by atoms with Crippen molar-refractivity contribution in [3.05, 3.63) is 42.7 Å². The molecular weight excluding hydrogens is 432 g/mol. The Labute approximate surface area is 196 Å². The number of nitrogens with zero attached hydrogens (tertiary/aromatic N) is 3. The van der Waals surface area contributed by atoms with Crippen molar-refractivity contribution in [2.75, 3.05) is 5.32 Å². The van der Waals surface area contributed by atoms with E-state index in [0.717, 1.165) is 58.1 Å². The van der Waals surface area contributed by atoms with E-state index in [-0.39, 0.29) is 17.7 Å². The van der Waals surface area contributed by atoms with E-state index in [0.29, 0.717) is 17.5 Å². The van der Waals surface area contributed by atoms with E-state index in [4.69, 9.17) is 0 Å². The third kappa shape index (κ3) is 4.17. The number of fused-ring (bicyclic) bond motifs is 2. The first-order chi connectivity index (χ1) is 16.1. The third-order valence-corrected chi connectivity index (χ3v) is 7.83. The molecule has 6 rings (SSSR count). The highest BCUT2D eigenvalue weighted by atomic mass is 32.1. The molecule has 2 aliphatic carbocycles. The van der Waals surface area contributed by atoms with Crippen LogP contribution in [-0.4, -0.2) is 26.3 Å². The summed E-state index contributed by atoms with van der Waals surface area (Å²) in [7, 11) is 0. The Bertz CT molecular complexity index is 1360. The number of anilines is 1. The van der Waals surface area contributed by atoms with Gasteiger partial charge in [-0.05, 0) is 61.4 Å². The Morgan fingerprint density at radius 1 is 1.00 bits per heavy atom. The largest absolute Gasteiger partial charge is 0.302 e. The van der Waals surface area contributed by atoms with Gasteiger partial charge in [-0.25, -0.2) is 4.98 Å². The van der Waals surface area contributed by atoms with E-state index in [2.05, 4.69) is 27.4 Å². The molecule has 0 spiro atoms. The summed E-state index contributed by atoms with van der Waals surface area (Å²) >= 11 is 1.49. The molecular formula is C26H26N4O2S. The predicted octanol–water partition coefficient (Wildman–Crippen LogP) is 6.27. The van der Waals surface area contributed by atoms with Crippen LogP contribution < -0.4 is 5.32 Å². The van der Waals surface area contributed by atoms with Crippen LogP contribution in [0.3, 0.4) is 0 Å². The van der Waals surface area contributed by atoms with Crippen LogP contribution in [-0.2, 0) is 4.79 Å². The van der Waals surface area contributed by atoms with E-state index >= 15 is 0 Å². The lowest BCUT2D eigenvalue weighted by Gasteiger charge is -2.20. The molecule has 0 radical (unpaired) electrons. The van der Waals surface area contributed by atoms with Gasteiger partial charge in [-0.3, -0.25) is 19.1 Å². The number of benzene rings is 1. The number of hydrogen-bond donors (Lipinski definition) is 1. The van der Waals surface area contributed by atoms with Crippen LogP contribution >= 0.6 is 11.3 Å². The second-order valence-electron chi connectivity index (χ2n) is 9.38. The number of thiazole rings is 1. The summed E-state index contributed by atoms with van der Waals surface area (Å²) in [5.41, 5.74) is 4.55. The van der Waals surface area contributed by atoms with E-state index < -0.39 is 0 Å². The quantitative estimate of drug-likeness (QED) is 0.382. The molecule has 1 aromatic carbocycles. The summed E-state index contributed by atoms with van der Waals surface area (Å²) in [6.45, 7) is 0. The van der Waals surface area contributed by atoms with E-state index in [9.17, 15) is 9.59 Å². The van der Waals surface area contributed by atoms with Gasteiger partial charge in [0.05, 0.1) is 21.3 Å². The monoisotopic (exact) mass is 458 g/mol. The maximum Gasteiger partial charge on any atom is 0.231 e. The van der Waals surface area contributed by atoms with Gasteiger partial charge < -0.3 is 5.32 Å². The average molecular weight is 459 g/mol. The minimum Gasteiger partial charge on any atom is -0.302 e. The highest BCUT2D eigenvalue weighted by Gasteiger charge is 2.30. The van der Waals surface area contributed by atoms with Gasteiger partial charge >= 0.3 is 0 Å². The molecule has 0 bridgehead atoms. The van der Waals surface area contributed by atoms with E-state index in [1.807, 2.05) is 30.6 Å². The van der Waals surface area contributed by atoms with Crippen molar-refractivity contribution in [2.24, 2.45) is 11.8 Å². The highest BCUT2D eigenvalue weighted by molar-refractivity contribution is 7.22. The Hall–Kier alpha value is -3.06. The van der Waals surface area contributed by atoms with Crippen LogP contribution in [0.4, 0.5) is 5.13 Å². The number of nitrogens with one attached hydrogen (secondary N) is 1. The van der Waals surface area contributed by atoms with Crippen LogP contribution in [0.1, 0.15) is 56.2 Å².